The molecular formula is C21H26N6O4S2. The number of piperidine rings is 1. The van der Waals surface area contributed by atoms with Crippen LogP contribution in [0.5, 0.6) is 0 Å². The van der Waals surface area contributed by atoms with Gasteiger partial charge >= 0.3 is 0 Å². The Labute approximate surface area is 196 Å². The van der Waals surface area contributed by atoms with Crippen molar-refractivity contribution in [3.8, 4) is 0 Å². The molecule has 3 aromatic rings. The Bertz CT molecular complexity index is 1260. The summed E-state index contributed by atoms with van der Waals surface area (Å²) in [4.78, 5) is 29.1. The number of nitrogens with zero attached hydrogens (tertiary/aromatic N) is 5. The number of thiazole rings is 1. The summed E-state index contributed by atoms with van der Waals surface area (Å²) in [6.07, 6.45) is 7.68. The summed E-state index contributed by atoms with van der Waals surface area (Å²) in [6.45, 7) is 1.36. The van der Waals surface area contributed by atoms with E-state index in [-0.39, 0.29) is 24.0 Å². The summed E-state index contributed by atoms with van der Waals surface area (Å²) >= 11 is 1.13. The number of aromatic nitrogens is 3. The number of fused-ring (bicyclic) bond motifs is 1. The van der Waals surface area contributed by atoms with Crippen LogP contribution in [-0.2, 0) is 21.2 Å². The van der Waals surface area contributed by atoms with Gasteiger partial charge in [-0.1, -0.05) is 0 Å². The number of β-amino-alcohol motifs (C(OH)–C–C–N with tert-alkyl or cyclic N) is 1. The summed E-state index contributed by atoms with van der Waals surface area (Å²) in [6, 6.07) is 3.78. The van der Waals surface area contributed by atoms with Crippen molar-refractivity contribution < 1.29 is 18.3 Å². The lowest BCUT2D eigenvalue weighted by molar-refractivity contribution is -0.132. The molecule has 4 heterocycles. The van der Waals surface area contributed by atoms with E-state index < -0.39 is 15.6 Å². The van der Waals surface area contributed by atoms with E-state index in [1.807, 2.05) is 12.1 Å². The number of nitrogens with one attached hydrogen (secondary N) is 1. The minimum absolute atomic E-state index is 0.0267. The first kappa shape index (κ1) is 23.3. The molecule has 3 aromatic heterocycles. The number of carbonyl (C=O) groups excluding carboxylic acids is 1. The van der Waals surface area contributed by atoms with Gasteiger partial charge in [0.25, 0.3) is 0 Å². The molecule has 2 N–H and O–H groups in total. The zero-order valence-corrected chi connectivity index (χ0v) is 20.1. The predicted molar refractivity (Wildman–Crippen MR) is 128 cm³/mol. The highest BCUT2D eigenvalue weighted by atomic mass is 32.2. The quantitative estimate of drug-likeness (QED) is 0.510. The van der Waals surface area contributed by atoms with Crippen molar-refractivity contribution in [3.05, 3.63) is 41.8 Å². The van der Waals surface area contributed by atoms with Gasteiger partial charge in [0.15, 0.2) is 5.13 Å². The minimum Gasteiger partial charge on any atom is -0.386 e. The number of hydrogen-bond donors (Lipinski definition) is 2. The third-order valence-electron chi connectivity index (χ3n) is 5.53. The number of sulfonamides is 1. The molecule has 0 bridgehead atoms. The number of anilines is 2. The molecule has 1 atom stereocenters. The SMILES string of the molecule is CN(CC1(O)CCCN(c2ccnc3ccncc23)C1)C(=O)Cc1csc(NS(C)(=O)=O)n1. The second kappa shape index (κ2) is 9.20. The van der Waals surface area contributed by atoms with E-state index >= 15 is 0 Å². The highest BCUT2D eigenvalue weighted by molar-refractivity contribution is 7.92. The fourth-order valence-electron chi connectivity index (χ4n) is 4.11. The Hall–Kier alpha value is -2.83. The second-order valence-corrected chi connectivity index (χ2v) is 11.0. The smallest absolute Gasteiger partial charge is 0.231 e. The van der Waals surface area contributed by atoms with Gasteiger partial charge in [-0.25, -0.2) is 13.4 Å². The van der Waals surface area contributed by atoms with E-state index in [0.29, 0.717) is 18.7 Å². The maximum Gasteiger partial charge on any atom is 0.231 e. The van der Waals surface area contributed by atoms with E-state index in [1.54, 1.807) is 31.0 Å². The molecule has 1 unspecified atom stereocenters. The molecule has 0 spiro atoms. The molecule has 4 rings (SSSR count). The Morgan fingerprint density at radius 1 is 1.36 bits per heavy atom. The van der Waals surface area contributed by atoms with Gasteiger partial charge in [0.1, 0.15) is 0 Å². The summed E-state index contributed by atoms with van der Waals surface area (Å²) < 4.78 is 25.0. The van der Waals surface area contributed by atoms with Crippen LogP contribution in [0, 0.1) is 0 Å². The standard InChI is InChI=1S/C21H26N6O4S2/c1-26(19(28)10-15-12-32-20(24-15)25-33(2,30)31)13-21(29)6-3-9-27(14-21)18-5-8-23-17-4-7-22-11-16(17)18/h4-5,7-8,11-12,29H,3,6,9-10,13-14H2,1-2H3,(H,24,25). The van der Waals surface area contributed by atoms with Crippen molar-refractivity contribution in [2.75, 3.05) is 42.6 Å². The van der Waals surface area contributed by atoms with Crippen molar-refractivity contribution >= 4 is 49.0 Å². The average Bonchev–Trinajstić information content (AvgIpc) is 3.17. The van der Waals surface area contributed by atoms with E-state index in [4.69, 9.17) is 0 Å². The van der Waals surface area contributed by atoms with Crippen LogP contribution in [0.3, 0.4) is 0 Å². The number of likely N-dealkylation sites (N-methyl/N-ethyl adjacent to an activating group) is 1. The highest BCUT2D eigenvalue weighted by Crippen LogP contribution is 2.31. The van der Waals surface area contributed by atoms with Crippen molar-refractivity contribution in [1.82, 2.24) is 19.9 Å². The van der Waals surface area contributed by atoms with E-state index in [2.05, 4.69) is 24.6 Å². The Balaban J connectivity index is 1.42. The molecule has 1 fully saturated rings. The van der Waals surface area contributed by atoms with Crippen molar-refractivity contribution in [1.29, 1.82) is 0 Å². The van der Waals surface area contributed by atoms with Gasteiger partial charge in [-0.15, -0.1) is 11.3 Å². The third kappa shape index (κ3) is 5.75. The lowest BCUT2D eigenvalue weighted by Crippen LogP contribution is -2.55. The molecule has 1 amide bonds. The second-order valence-electron chi connectivity index (χ2n) is 8.42. The summed E-state index contributed by atoms with van der Waals surface area (Å²) in [7, 11) is -1.76. The lowest BCUT2D eigenvalue weighted by Gasteiger charge is -2.42. The maximum absolute atomic E-state index is 12.8. The predicted octanol–water partition coefficient (Wildman–Crippen LogP) is 1.49. The molecular weight excluding hydrogens is 464 g/mol. The molecule has 0 aliphatic carbocycles. The monoisotopic (exact) mass is 490 g/mol. The van der Waals surface area contributed by atoms with Gasteiger partial charge in [0.2, 0.25) is 15.9 Å². The molecule has 12 heteroatoms. The van der Waals surface area contributed by atoms with Crippen LogP contribution in [0.1, 0.15) is 18.5 Å². The van der Waals surface area contributed by atoms with E-state index in [1.165, 1.54) is 4.90 Å². The summed E-state index contributed by atoms with van der Waals surface area (Å²) in [5, 5.41) is 14.1. The Morgan fingerprint density at radius 3 is 2.97 bits per heavy atom. The largest absolute Gasteiger partial charge is 0.386 e. The first-order valence-electron chi connectivity index (χ1n) is 10.4. The van der Waals surface area contributed by atoms with Crippen molar-refractivity contribution in [2.45, 2.75) is 24.9 Å². The van der Waals surface area contributed by atoms with Gasteiger partial charge < -0.3 is 14.9 Å². The number of pyridine rings is 2. The van der Waals surface area contributed by atoms with Crippen molar-refractivity contribution in [2.24, 2.45) is 0 Å². The summed E-state index contributed by atoms with van der Waals surface area (Å²) in [5.74, 6) is -0.199. The normalized spacial score (nSPS) is 18.9. The molecule has 0 aromatic carbocycles. The third-order valence-corrected chi connectivity index (χ3v) is 7.03. The van der Waals surface area contributed by atoms with Gasteiger partial charge in [0.05, 0.1) is 36.0 Å². The number of amides is 1. The fraction of sp³-hybridized carbons (Fsp3) is 0.429. The van der Waals surface area contributed by atoms with Crippen LogP contribution < -0.4 is 9.62 Å². The van der Waals surface area contributed by atoms with Gasteiger partial charge in [0, 0.05) is 55.2 Å². The number of rotatable bonds is 7. The van der Waals surface area contributed by atoms with Crippen LogP contribution in [0.2, 0.25) is 0 Å². The van der Waals surface area contributed by atoms with Gasteiger partial charge in [-0.05, 0) is 25.0 Å². The highest BCUT2D eigenvalue weighted by Gasteiger charge is 2.36. The lowest BCUT2D eigenvalue weighted by atomic mass is 9.91. The van der Waals surface area contributed by atoms with Gasteiger partial charge in [-0.3, -0.25) is 19.5 Å². The van der Waals surface area contributed by atoms with Crippen LogP contribution in [0.15, 0.2) is 36.1 Å². The molecule has 10 nitrogen and oxygen atoms in total. The number of aliphatic hydroxyl groups is 1. The molecule has 1 aliphatic rings. The van der Waals surface area contributed by atoms with Crippen LogP contribution in [-0.4, -0.2) is 77.8 Å². The van der Waals surface area contributed by atoms with Crippen LogP contribution >= 0.6 is 11.3 Å². The first-order valence-corrected chi connectivity index (χ1v) is 13.2. The molecule has 176 valence electrons. The minimum atomic E-state index is -3.42. The van der Waals surface area contributed by atoms with Crippen LogP contribution in [0.4, 0.5) is 10.8 Å². The first-order chi connectivity index (χ1) is 15.6. The molecule has 0 saturated carbocycles. The Kier molecular flexibility index (Phi) is 6.50. The Morgan fingerprint density at radius 2 is 2.18 bits per heavy atom. The maximum atomic E-state index is 12.8. The number of carbonyl (C=O) groups is 1. The zero-order chi connectivity index (χ0) is 23.6. The zero-order valence-electron chi connectivity index (χ0n) is 18.4. The van der Waals surface area contributed by atoms with E-state index in [0.717, 1.165) is 47.1 Å². The molecule has 0 radical (unpaired) electrons. The molecule has 1 aliphatic heterocycles. The molecule has 1 saturated heterocycles. The summed E-state index contributed by atoms with van der Waals surface area (Å²) in [5.41, 5.74) is 1.23. The van der Waals surface area contributed by atoms with Crippen LogP contribution in [0.25, 0.3) is 10.9 Å². The topological polar surface area (TPSA) is 129 Å². The fourth-order valence-corrected chi connectivity index (χ4v) is 5.67. The average molecular weight is 491 g/mol. The van der Waals surface area contributed by atoms with Crippen molar-refractivity contribution in [3.63, 3.8) is 0 Å². The van der Waals surface area contributed by atoms with Gasteiger partial charge in [-0.2, -0.15) is 0 Å². The van der Waals surface area contributed by atoms with E-state index in [9.17, 15) is 18.3 Å². The molecule has 33 heavy (non-hydrogen) atoms. The number of hydrogen-bond acceptors (Lipinski definition) is 9.